The van der Waals surface area contributed by atoms with E-state index in [0.717, 1.165) is 22.3 Å². The van der Waals surface area contributed by atoms with Gasteiger partial charge in [-0.15, -0.1) is 0 Å². The summed E-state index contributed by atoms with van der Waals surface area (Å²) in [5.74, 6) is 0.698. The molecule has 1 heterocycles. The molecule has 154 valence electrons. The summed E-state index contributed by atoms with van der Waals surface area (Å²) in [5, 5.41) is 0. The molecule has 3 aromatic rings. The number of pyridine rings is 1. The van der Waals surface area contributed by atoms with Crippen molar-refractivity contribution in [2.24, 2.45) is 0 Å². The summed E-state index contributed by atoms with van der Waals surface area (Å²) in [6.45, 7) is 2.46. The van der Waals surface area contributed by atoms with Gasteiger partial charge in [0.25, 0.3) is 0 Å². The fourth-order valence-electron chi connectivity index (χ4n) is 3.34. The van der Waals surface area contributed by atoms with Crippen LogP contribution in [0.3, 0.4) is 0 Å². The molecule has 0 unspecified atom stereocenters. The van der Waals surface area contributed by atoms with Crippen molar-refractivity contribution in [3.8, 4) is 11.1 Å². The number of hydrogen-bond donors (Lipinski definition) is 1. The maximum absolute atomic E-state index is 12.5. The molecule has 0 aliphatic heterocycles. The van der Waals surface area contributed by atoms with Crippen LogP contribution in [0, 0.1) is 0 Å². The third kappa shape index (κ3) is 5.32. The van der Waals surface area contributed by atoms with Gasteiger partial charge in [-0.25, -0.2) is 4.98 Å². The average molecular weight is 402 g/mol. The number of benzene rings is 2. The number of nitrogen functional groups attached to an aromatic ring is 1. The smallest absolute Gasteiger partial charge is 0.222 e. The van der Waals surface area contributed by atoms with Gasteiger partial charge in [0.15, 0.2) is 5.78 Å². The Morgan fingerprint density at radius 1 is 0.967 bits per heavy atom. The van der Waals surface area contributed by atoms with Crippen molar-refractivity contribution < 1.29 is 9.59 Å². The van der Waals surface area contributed by atoms with Gasteiger partial charge in [-0.3, -0.25) is 9.59 Å². The molecule has 30 heavy (non-hydrogen) atoms. The van der Waals surface area contributed by atoms with Gasteiger partial charge >= 0.3 is 0 Å². The van der Waals surface area contributed by atoms with Crippen molar-refractivity contribution in [3.63, 3.8) is 0 Å². The highest BCUT2D eigenvalue weighted by Gasteiger charge is 2.09. The van der Waals surface area contributed by atoms with Crippen LogP contribution in [-0.2, 0) is 17.8 Å². The number of aryl methyl sites for hydroxylation is 1. The highest BCUT2D eigenvalue weighted by atomic mass is 16.2. The van der Waals surface area contributed by atoms with Crippen LogP contribution in [0.5, 0.6) is 0 Å². The SMILES string of the molecule is CCC(=O)N(C)Cc1ccc(-c2ccc(C(=O)CCc3cccnc3N)cc2)cc1. The van der Waals surface area contributed by atoms with Gasteiger partial charge in [0.2, 0.25) is 5.91 Å². The molecular weight excluding hydrogens is 374 g/mol. The van der Waals surface area contributed by atoms with E-state index in [9.17, 15) is 9.59 Å². The summed E-state index contributed by atoms with van der Waals surface area (Å²) in [7, 11) is 1.82. The number of aromatic nitrogens is 1. The zero-order valence-corrected chi connectivity index (χ0v) is 17.5. The first-order chi connectivity index (χ1) is 14.5. The fourth-order valence-corrected chi connectivity index (χ4v) is 3.34. The topological polar surface area (TPSA) is 76.3 Å². The summed E-state index contributed by atoms with van der Waals surface area (Å²) in [4.78, 5) is 30.0. The summed E-state index contributed by atoms with van der Waals surface area (Å²) >= 11 is 0. The lowest BCUT2D eigenvalue weighted by Gasteiger charge is -2.16. The summed E-state index contributed by atoms with van der Waals surface area (Å²) in [6, 6.07) is 19.5. The Morgan fingerprint density at radius 3 is 2.20 bits per heavy atom. The molecule has 2 aromatic carbocycles. The molecule has 1 aromatic heterocycles. The molecule has 5 nitrogen and oxygen atoms in total. The van der Waals surface area contributed by atoms with Gasteiger partial charge in [-0.1, -0.05) is 61.5 Å². The molecule has 1 amide bonds. The van der Waals surface area contributed by atoms with E-state index in [1.807, 2.05) is 74.6 Å². The van der Waals surface area contributed by atoms with E-state index in [4.69, 9.17) is 5.73 Å². The highest BCUT2D eigenvalue weighted by molar-refractivity contribution is 5.96. The Balaban J connectivity index is 1.61. The minimum absolute atomic E-state index is 0.0868. The summed E-state index contributed by atoms with van der Waals surface area (Å²) < 4.78 is 0. The van der Waals surface area contributed by atoms with E-state index in [-0.39, 0.29) is 11.7 Å². The van der Waals surface area contributed by atoms with Crippen molar-refractivity contribution in [3.05, 3.63) is 83.6 Å². The van der Waals surface area contributed by atoms with Crippen LogP contribution in [0.4, 0.5) is 5.82 Å². The van der Waals surface area contributed by atoms with Crippen LogP contribution in [0.2, 0.25) is 0 Å². The van der Waals surface area contributed by atoms with Crippen LogP contribution in [0.15, 0.2) is 66.9 Å². The molecule has 0 saturated carbocycles. The molecule has 0 spiro atoms. The number of rotatable bonds is 8. The quantitative estimate of drug-likeness (QED) is 0.563. The van der Waals surface area contributed by atoms with Crippen molar-refractivity contribution in [1.29, 1.82) is 0 Å². The van der Waals surface area contributed by atoms with Crippen LogP contribution >= 0.6 is 0 Å². The zero-order valence-electron chi connectivity index (χ0n) is 17.5. The Kier molecular flexibility index (Phi) is 6.96. The molecule has 5 heteroatoms. The lowest BCUT2D eigenvalue weighted by molar-refractivity contribution is -0.130. The molecule has 0 atom stereocenters. The number of anilines is 1. The molecule has 0 saturated heterocycles. The van der Waals surface area contributed by atoms with Crippen molar-refractivity contribution in [2.75, 3.05) is 12.8 Å². The van der Waals surface area contributed by atoms with Crippen LogP contribution < -0.4 is 5.73 Å². The molecule has 2 N–H and O–H groups in total. The van der Waals surface area contributed by atoms with Gasteiger partial charge in [-0.2, -0.15) is 0 Å². The normalized spacial score (nSPS) is 10.6. The van der Waals surface area contributed by atoms with E-state index >= 15 is 0 Å². The number of nitrogens with two attached hydrogens (primary N) is 1. The second kappa shape index (κ2) is 9.83. The molecule has 0 fully saturated rings. The largest absolute Gasteiger partial charge is 0.383 e. The minimum Gasteiger partial charge on any atom is -0.383 e. The average Bonchev–Trinajstić information content (AvgIpc) is 2.78. The van der Waals surface area contributed by atoms with Gasteiger partial charge in [0.1, 0.15) is 5.82 Å². The second-order valence-corrected chi connectivity index (χ2v) is 7.35. The Hall–Kier alpha value is -3.47. The minimum atomic E-state index is 0.0868. The van der Waals surface area contributed by atoms with Gasteiger partial charge in [0.05, 0.1) is 0 Å². The molecule has 0 aliphatic rings. The van der Waals surface area contributed by atoms with Crippen molar-refractivity contribution in [1.82, 2.24) is 9.88 Å². The van der Waals surface area contributed by atoms with E-state index in [2.05, 4.69) is 4.98 Å². The maximum atomic E-state index is 12.5. The first-order valence-electron chi connectivity index (χ1n) is 10.1. The molecule has 0 radical (unpaired) electrons. The zero-order chi connectivity index (χ0) is 21.5. The Morgan fingerprint density at radius 2 is 1.60 bits per heavy atom. The number of hydrogen-bond acceptors (Lipinski definition) is 4. The monoisotopic (exact) mass is 401 g/mol. The van der Waals surface area contributed by atoms with Crippen LogP contribution in [-0.4, -0.2) is 28.6 Å². The predicted octanol–water partition coefficient (Wildman–Crippen LogP) is 4.51. The van der Waals surface area contributed by atoms with E-state index < -0.39 is 0 Å². The molecule has 0 bridgehead atoms. The molecule has 0 aliphatic carbocycles. The van der Waals surface area contributed by atoms with Gasteiger partial charge < -0.3 is 10.6 Å². The predicted molar refractivity (Wildman–Crippen MR) is 120 cm³/mol. The molecule has 3 rings (SSSR count). The second-order valence-electron chi connectivity index (χ2n) is 7.35. The van der Waals surface area contributed by atoms with Crippen LogP contribution in [0.25, 0.3) is 11.1 Å². The number of nitrogens with zero attached hydrogens (tertiary/aromatic N) is 2. The lowest BCUT2D eigenvalue weighted by Crippen LogP contribution is -2.25. The number of ketones is 1. The van der Waals surface area contributed by atoms with Crippen molar-refractivity contribution in [2.45, 2.75) is 32.7 Å². The standard InChI is InChI=1S/C25H27N3O2/c1-3-24(30)28(2)17-18-6-8-19(9-7-18)20-10-12-21(13-11-20)23(29)15-14-22-5-4-16-27-25(22)26/h4-13,16H,3,14-15,17H2,1-2H3,(H2,26,27). The van der Waals surface area contributed by atoms with Gasteiger partial charge in [0, 0.05) is 38.2 Å². The van der Waals surface area contributed by atoms with E-state index in [1.54, 1.807) is 11.1 Å². The van der Waals surface area contributed by atoms with E-state index in [0.29, 0.717) is 37.2 Å². The Labute approximate surface area is 177 Å². The van der Waals surface area contributed by atoms with Crippen molar-refractivity contribution >= 4 is 17.5 Å². The van der Waals surface area contributed by atoms with Crippen LogP contribution in [0.1, 0.15) is 41.3 Å². The number of carbonyl (C=O) groups is 2. The molecular formula is C25H27N3O2. The Bertz CT molecular complexity index is 1010. The first kappa shape index (κ1) is 21.2. The van der Waals surface area contributed by atoms with E-state index in [1.165, 1.54) is 0 Å². The van der Waals surface area contributed by atoms with Gasteiger partial charge in [-0.05, 0) is 34.7 Å². The highest BCUT2D eigenvalue weighted by Crippen LogP contribution is 2.22. The number of carbonyl (C=O) groups excluding carboxylic acids is 2. The third-order valence-electron chi connectivity index (χ3n) is 5.19. The fraction of sp³-hybridized carbons (Fsp3) is 0.240. The number of Topliss-reactive ketones (excluding diaryl/α,β-unsaturated/α-hetero) is 1. The number of amides is 1. The summed E-state index contributed by atoms with van der Waals surface area (Å²) in [6.07, 6.45) is 3.13. The lowest BCUT2D eigenvalue weighted by atomic mass is 9.99. The third-order valence-corrected chi connectivity index (χ3v) is 5.19. The first-order valence-corrected chi connectivity index (χ1v) is 10.1. The maximum Gasteiger partial charge on any atom is 0.222 e. The summed E-state index contributed by atoms with van der Waals surface area (Å²) in [5.41, 5.74) is 10.6.